The number of ketones is 1. The average Bonchev–Trinajstić information content (AvgIpc) is 2.59. The number of benzene rings is 1. The van der Waals surface area contributed by atoms with Crippen LogP contribution in [0.2, 0.25) is 0 Å². The van der Waals surface area contributed by atoms with Gasteiger partial charge < -0.3 is 0 Å². The molecule has 0 atom stereocenters. The van der Waals surface area contributed by atoms with Crippen LogP contribution in [-0.2, 0) is 12.6 Å². The number of pyridine rings is 1. The molecule has 0 fully saturated rings. The predicted octanol–water partition coefficient (Wildman–Crippen LogP) is 4.87. The van der Waals surface area contributed by atoms with Crippen LogP contribution in [-0.4, -0.2) is 17.1 Å². The number of carbonyl (C=O) groups is 2. The van der Waals surface area contributed by atoms with Gasteiger partial charge in [0.1, 0.15) is 11.6 Å². The van der Waals surface area contributed by atoms with Gasteiger partial charge in [0.25, 0.3) is 0 Å². The minimum atomic E-state index is -4.56. The zero-order valence-corrected chi connectivity index (χ0v) is 14.3. The van der Waals surface area contributed by atoms with Crippen molar-refractivity contribution in [1.29, 1.82) is 0 Å². The Kier molecular flexibility index (Phi) is 5.88. The van der Waals surface area contributed by atoms with Gasteiger partial charge in [-0.2, -0.15) is 13.2 Å². The number of hydrogen-bond acceptors (Lipinski definition) is 3. The van der Waals surface area contributed by atoms with Crippen LogP contribution >= 0.6 is 0 Å². The van der Waals surface area contributed by atoms with Gasteiger partial charge in [0, 0.05) is 23.4 Å². The van der Waals surface area contributed by atoms with Crippen LogP contribution in [0.1, 0.15) is 44.6 Å². The minimum absolute atomic E-state index is 0.0331. The van der Waals surface area contributed by atoms with Crippen molar-refractivity contribution < 1.29 is 31.5 Å². The molecule has 0 saturated carbocycles. The lowest BCUT2D eigenvalue weighted by atomic mass is 9.94. The van der Waals surface area contributed by atoms with Crippen molar-refractivity contribution in [2.75, 3.05) is 0 Å². The van der Waals surface area contributed by atoms with E-state index in [9.17, 15) is 31.5 Å². The number of rotatable bonds is 5. The Morgan fingerprint density at radius 3 is 2.26 bits per heavy atom. The van der Waals surface area contributed by atoms with E-state index in [0.29, 0.717) is 0 Å². The number of carbonyl (C=O) groups excluding carboxylic acids is 2. The quantitative estimate of drug-likeness (QED) is 0.320. The first kappa shape index (κ1) is 20.4. The molecule has 3 nitrogen and oxygen atoms in total. The fraction of sp³-hybridized carbons (Fsp3) is 0.211. The van der Waals surface area contributed by atoms with E-state index in [1.54, 1.807) is 0 Å². The number of aromatic nitrogens is 1. The summed E-state index contributed by atoms with van der Waals surface area (Å²) in [5, 5.41) is 0. The summed E-state index contributed by atoms with van der Waals surface area (Å²) in [4.78, 5) is 27.5. The Morgan fingerprint density at radius 1 is 1.11 bits per heavy atom. The lowest BCUT2D eigenvalue weighted by Gasteiger charge is -2.12. The molecular formula is C19H14F5NO2. The Bertz CT molecular complexity index is 932. The zero-order chi connectivity index (χ0) is 20.4. The third-order valence-electron chi connectivity index (χ3n) is 3.95. The van der Waals surface area contributed by atoms with Gasteiger partial charge in [-0.3, -0.25) is 14.6 Å². The highest BCUT2D eigenvalue weighted by Crippen LogP contribution is 2.31. The van der Waals surface area contributed by atoms with Crippen molar-refractivity contribution in [2.24, 2.45) is 0 Å². The van der Waals surface area contributed by atoms with Crippen molar-refractivity contribution >= 4 is 12.1 Å². The maximum absolute atomic E-state index is 14.0. The van der Waals surface area contributed by atoms with E-state index in [-0.39, 0.29) is 29.7 Å². The molecule has 2 rings (SSSR count). The van der Waals surface area contributed by atoms with Crippen molar-refractivity contribution in [3.63, 3.8) is 0 Å². The van der Waals surface area contributed by atoms with Crippen molar-refractivity contribution in [2.45, 2.75) is 26.4 Å². The Hall–Kier alpha value is -2.90. The smallest absolute Gasteiger partial charge is 0.298 e. The first-order valence-corrected chi connectivity index (χ1v) is 7.77. The van der Waals surface area contributed by atoms with E-state index in [2.05, 4.69) is 4.98 Å². The molecule has 0 radical (unpaired) electrons. The first-order chi connectivity index (χ1) is 12.6. The summed E-state index contributed by atoms with van der Waals surface area (Å²) in [6, 6.07) is 3.40. The Balaban J connectivity index is 2.40. The molecule has 1 aromatic heterocycles. The summed E-state index contributed by atoms with van der Waals surface area (Å²) in [5.41, 5.74) is -2.49. The van der Waals surface area contributed by atoms with E-state index in [0.717, 1.165) is 24.3 Å². The lowest BCUT2D eigenvalue weighted by Crippen LogP contribution is -2.14. The Morgan fingerprint density at radius 2 is 1.74 bits per heavy atom. The van der Waals surface area contributed by atoms with Crippen LogP contribution in [0.5, 0.6) is 0 Å². The maximum atomic E-state index is 14.0. The van der Waals surface area contributed by atoms with Gasteiger partial charge in [0.15, 0.2) is 12.1 Å². The van der Waals surface area contributed by atoms with Crippen LogP contribution in [0.25, 0.3) is 0 Å². The summed E-state index contributed by atoms with van der Waals surface area (Å²) in [5.74, 6) is -3.05. The lowest BCUT2D eigenvalue weighted by molar-refractivity contribution is -0.138. The number of halogens is 5. The predicted molar refractivity (Wildman–Crippen MR) is 87.5 cm³/mol. The summed E-state index contributed by atoms with van der Waals surface area (Å²) >= 11 is 0. The summed E-state index contributed by atoms with van der Waals surface area (Å²) in [6.07, 6.45) is -3.41. The monoisotopic (exact) mass is 383 g/mol. The summed E-state index contributed by atoms with van der Waals surface area (Å²) in [7, 11) is 0. The topological polar surface area (TPSA) is 47.0 Å². The zero-order valence-electron chi connectivity index (χ0n) is 14.3. The van der Waals surface area contributed by atoms with E-state index in [1.807, 2.05) is 0 Å². The fourth-order valence-corrected chi connectivity index (χ4v) is 2.59. The van der Waals surface area contributed by atoms with Gasteiger partial charge >= 0.3 is 6.18 Å². The van der Waals surface area contributed by atoms with Crippen molar-refractivity contribution in [1.82, 2.24) is 4.98 Å². The molecule has 1 heterocycles. The number of allylic oxidation sites excluding steroid dienone is 2. The molecule has 1 aromatic carbocycles. The van der Waals surface area contributed by atoms with Gasteiger partial charge in [0.05, 0.1) is 16.7 Å². The molecule has 0 spiro atoms. The molecular weight excluding hydrogens is 369 g/mol. The maximum Gasteiger partial charge on any atom is 0.418 e. The third kappa shape index (κ3) is 4.27. The molecule has 0 N–H and O–H groups in total. The number of nitrogens with zero attached hydrogens (tertiary/aromatic N) is 1. The minimum Gasteiger partial charge on any atom is -0.298 e. The fourth-order valence-electron chi connectivity index (χ4n) is 2.59. The molecule has 0 aliphatic heterocycles. The second kappa shape index (κ2) is 7.77. The number of aldehydes is 1. The molecule has 27 heavy (non-hydrogen) atoms. The molecule has 0 aliphatic carbocycles. The van der Waals surface area contributed by atoms with Gasteiger partial charge in [-0.05, 0) is 38.1 Å². The highest BCUT2D eigenvalue weighted by atomic mass is 19.4. The second-order valence-corrected chi connectivity index (χ2v) is 5.69. The molecule has 0 amide bonds. The average molecular weight is 383 g/mol. The largest absolute Gasteiger partial charge is 0.418 e. The molecule has 0 saturated heterocycles. The van der Waals surface area contributed by atoms with Crippen LogP contribution in [0.3, 0.4) is 0 Å². The third-order valence-corrected chi connectivity index (χ3v) is 3.95. The first-order valence-electron chi connectivity index (χ1n) is 7.77. The van der Waals surface area contributed by atoms with Gasteiger partial charge in [-0.15, -0.1) is 0 Å². The molecule has 0 aliphatic rings. The van der Waals surface area contributed by atoms with E-state index >= 15 is 0 Å². The van der Waals surface area contributed by atoms with E-state index in [1.165, 1.54) is 19.9 Å². The number of hydrogen-bond donors (Lipinski definition) is 0. The van der Waals surface area contributed by atoms with Crippen molar-refractivity contribution in [3.8, 4) is 0 Å². The van der Waals surface area contributed by atoms with Gasteiger partial charge in [-0.1, -0.05) is 6.08 Å². The Labute approximate surface area is 151 Å². The highest BCUT2D eigenvalue weighted by Gasteiger charge is 2.33. The molecule has 0 unspecified atom stereocenters. The van der Waals surface area contributed by atoms with Gasteiger partial charge in [0.2, 0.25) is 0 Å². The van der Waals surface area contributed by atoms with Crippen LogP contribution < -0.4 is 0 Å². The molecule has 0 bridgehead atoms. The van der Waals surface area contributed by atoms with E-state index < -0.39 is 40.3 Å². The molecule has 142 valence electrons. The standard InChI is InChI=1S/C19H14F5NO2/c1-3-11(8-12-4-5-14(10(2)25-12)19(22,23)24)18(27)17-13(9-26)15(20)6-7-16(17)21/h3-7,9H,8H2,1-2H3/b11-3-. The molecule has 8 heteroatoms. The number of Topliss-reactive ketones (excluding diaryl/α,β-unsaturated/α-hetero) is 1. The van der Waals surface area contributed by atoms with Crippen LogP contribution in [0.15, 0.2) is 35.9 Å². The SMILES string of the molecule is C/C=C(/Cc1ccc(C(F)(F)F)c(C)n1)C(=O)c1c(F)ccc(F)c1C=O. The molecule has 2 aromatic rings. The summed E-state index contributed by atoms with van der Waals surface area (Å²) in [6.45, 7) is 2.64. The number of alkyl halides is 3. The van der Waals surface area contributed by atoms with Gasteiger partial charge in [-0.25, -0.2) is 8.78 Å². The summed E-state index contributed by atoms with van der Waals surface area (Å²) < 4.78 is 66.2. The second-order valence-electron chi connectivity index (χ2n) is 5.69. The normalized spacial score (nSPS) is 12.2. The van der Waals surface area contributed by atoms with Crippen LogP contribution in [0.4, 0.5) is 22.0 Å². The number of aryl methyl sites for hydroxylation is 1. The van der Waals surface area contributed by atoms with Crippen molar-refractivity contribution in [3.05, 3.63) is 75.6 Å². The van der Waals surface area contributed by atoms with Crippen LogP contribution in [0, 0.1) is 18.6 Å². The highest BCUT2D eigenvalue weighted by molar-refractivity contribution is 6.12. The van der Waals surface area contributed by atoms with E-state index in [4.69, 9.17) is 0 Å².